The molecular formula is C10H18N12. The molecule has 12 heteroatoms. The van der Waals surface area contributed by atoms with E-state index in [-0.39, 0.29) is 35.7 Å². The summed E-state index contributed by atoms with van der Waals surface area (Å²) < 4.78 is 0. The van der Waals surface area contributed by atoms with Crippen molar-refractivity contribution in [3.8, 4) is 0 Å². The monoisotopic (exact) mass is 306 g/mol. The van der Waals surface area contributed by atoms with Gasteiger partial charge < -0.3 is 33.6 Å². The van der Waals surface area contributed by atoms with Gasteiger partial charge in [-0.1, -0.05) is 0 Å². The first-order valence-electron chi connectivity index (χ1n) is 6.30. The molecule has 2 aromatic rings. The summed E-state index contributed by atoms with van der Waals surface area (Å²) in [7, 11) is 0. The van der Waals surface area contributed by atoms with Crippen molar-refractivity contribution in [2.45, 2.75) is 19.4 Å². The van der Waals surface area contributed by atoms with Gasteiger partial charge in [0.1, 0.15) is 0 Å². The summed E-state index contributed by atoms with van der Waals surface area (Å²) in [6, 6.07) is 0. The summed E-state index contributed by atoms with van der Waals surface area (Å²) in [6.07, 6.45) is 0. The third-order valence-electron chi connectivity index (χ3n) is 2.48. The van der Waals surface area contributed by atoms with E-state index in [1.807, 2.05) is 13.8 Å². The molecule has 0 aliphatic heterocycles. The van der Waals surface area contributed by atoms with Crippen LogP contribution in [0.5, 0.6) is 0 Å². The van der Waals surface area contributed by atoms with Crippen LogP contribution in [-0.4, -0.2) is 42.0 Å². The highest BCUT2D eigenvalue weighted by Crippen LogP contribution is 2.13. The van der Waals surface area contributed by atoms with E-state index < -0.39 is 5.54 Å². The molecule has 0 amide bonds. The van der Waals surface area contributed by atoms with Gasteiger partial charge in [0.25, 0.3) is 0 Å². The Morgan fingerprint density at radius 3 is 1.59 bits per heavy atom. The van der Waals surface area contributed by atoms with Crippen LogP contribution in [0.4, 0.5) is 35.7 Å². The Kier molecular flexibility index (Phi) is 3.92. The van der Waals surface area contributed by atoms with Gasteiger partial charge in [0.05, 0.1) is 5.54 Å². The predicted molar refractivity (Wildman–Crippen MR) is 83.5 cm³/mol. The van der Waals surface area contributed by atoms with E-state index in [4.69, 9.17) is 22.9 Å². The van der Waals surface area contributed by atoms with E-state index in [0.29, 0.717) is 6.54 Å². The van der Waals surface area contributed by atoms with Crippen molar-refractivity contribution in [1.29, 1.82) is 0 Å². The fraction of sp³-hybridized carbons (Fsp3) is 0.400. The van der Waals surface area contributed by atoms with Crippen LogP contribution in [0, 0.1) is 0 Å². The quantitative estimate of drug-likeness (QED) is 0.380. The number of nitrogen functional groups attached to an aromatic ring is 4. The van der Waals surface area contributed by atoms with Crippen LogP contribution in [0.3, 0.4) is 0 Å². The fourth-order valence-electron chi connectivity index (χ4n) is 1.60. The molecule has 0 bridgehead atoms. The molecule has 0 aliphatic carbocycles. The summed E-state index contributed by atoms with van der Waals surface area (Å²) in [5.74, 6) is 0.701. The molecule has 0 radical (unpaired) electrons. The number of rotatable bonds is 5. The van der Waals surface area contributed by atoms with E-state index in [1.54, 1.807) is 0 Å². The van der Waals surface area contributed by atoms with Crippen LogP contribution in [-0.2, 0) is 0 Å². The average molecular weight is 306 g/mol. The molecule has 118 valence electrons. The molecule has 2 rings (SSSR count). The third-order valence-corrected chi connectivity index (χ3v) is 2.48. The number of aromatic nitrogens is 6. The first-order valence-corrected chi connectivity index (χ1v) is 6.30. The molecule has 0 saturated carbocycles. The first-order chi connectivity index (χ1) is 10.2. The Bertz CT molecular complexity index is 628. The molecule has 0 saturated heterocycles. The maximum absolute atomic E-state index is 5.52. The summed E-state index contributed by atoms with van der Waals surface area (Å²) in [6.45, 7) is 4.23. The highest BCUT2D eigenvalue weighted by molar-refractivity contribution is 5.41. The average Bonchev–Trinajstić information content (AvgIpc) is 2.33. The Hall–Kier alpha value is -3.18. The molecular weight excluding hydrogens is 288 g/mol. The largest absolute Gasteiger partial charge is 0.368 e. The molecule has 0 atom stereocenters. The zero-order chi connectivity index (χ0) is 16.3. The minimum Gasteiger partial charge on any atom is -0.368 e. The number of anilines is 6. The number of nitrogens with zero attached hydrogens (tertiary/aromatic N) is 6. The minimum atomic E-state index is -0.476. The lowest BCUT2D eigenvalue weighted by atomic mass is 10.1. The Morgan fingerprint density at radius 2 is 1.14 bits per heavy atom. The van der Waals surface area contributed by atoms with Crippen molar-refractivity contribution in [2.24, 2.45) is 0 Å². The molecule has 2 aromatic heterocycles. The number of nitrogens with one attached hydrogen (secondary N) is 2. The standard InChI is InChI=1S/C10H18N12/c1-10(2,22-9-20-6(13)17-7(14)21-9)3-15-8-18-4(11)16-5(12)19-8/h3H2,1-2H3,(H5,11,12,15,16,18,19)(H5,13,14,17,20,21,22). The molecule has 0 fully saturated rings. The van der Waals surface area contributed by atoms with Crippen molar-refractivity contribution in [2.75, 3.05) is 40.1 Å². The number of hydrogen-bond donors (Lipinski definition) is 6. The van der Waals surface area contributed by atoms with E-state index in [9.17, 15) is 0 Å². The van der Waals surface area contributed by atoms with Crippen LogP contribution in [0.25, 0.3) is 0 Å². The topological polar surface area (TPSA) is 205 Å². The van der Waals surface area contributed by atoms with E-state index in [2.05, 4.69) is 40.5 Å². The van der Waals surface area contributed by atoms with Crippen LogP contribution in [0.1, 0.15) is 13.8 Å². The number of nitrogens with two attached hydrogens (primary N) is 4. The molecule has 2 heterocycles. The lowest BCUT2D eigenvalue weighted by molar-refractivity contribution is 0.589. The maximum Gasteiger partial charge on any atom is 0.229 e. The van der Waals surface area contributed by atoms with Gasteiger partial charge in [-0.25, -0.2) is 0 Å². The SMILES string of the molecule is CC(C)(CNc1nc(N)nc(N)n1)Nc1nc(N)nc(N)n1. The normalized spacial score (nSPS) is 11.2. The molecule has 0 aromatic carbocycles. The molecule has 10 N–H and O–H groups in total. The zero-order valence-electron chi connectivity index (χ0n) is 12.2. The predicted octanol–water partition coefficient (Wildman–Crippen LogP) is -1.31. The third kappa shape index (κ3) is 4.16. The highest BCUT2D eigenvalue weighted by atomic mass is 15.3. The second-order valence-corrected chi connectivity index (χ2v) is 5.11. The maximum atomic E-state index is 5.52. The van der Waals surface area contributed by atoms with Gasteiger partial charge in [-0.2, -0.15) is 29.9 Å². The lowest BCUT2D eigenvalue weighted by Gasteiger charge is -2.26. The van der Waals surface area contributed by atoms with Crippen LogP contribution < -0.4 is 33.6 Å². The van der Waals surface area contributed by atoms with Gasteiger partial charge in [0.15, 0.2) is 0 Å². The lowest BCUT2D eigenvalue weighted by Crippen LogP contribution is -2.39. The van der Waals surface area contributed by atoms with Gasteiger partial charge >= 0.3 is 0 Å². The Labute approximate surface area is 126 Å². The second kappa shape index (κ2) is 5.67. The van der Waals surface area contributed by atoms with Crippen molar-refractivity contribution in [1.82, 2.24) is 29.9 Å². The minimum absolute atomic E-state index is 0.0387. The van der Waals surface area contributed by atoms with Crippen molar-refractivity contribution in [3.05, 3.63) is 0 Å². The second-order valence-electron chi connectivity index (χ2n) is 5.11. The molecule has 0 aliphatic rings. The Morgan fingerprint density at radius 1 is 0.727 bits per heavy atom. The van der Waals surface area contributed by atoms with Gasteiger partial charge in [0, 0.05) is 6.54 Å². The van der Waals surface area contributed by atoms with Crippen molar-refractivity contribution >= 4 is 35.7 Å². The van der Waals surface area contributed by atoms with Gasteiger partial charge in [-0.05, 0) is 13.8 Å². The summed E-state index contributed by atoms with van der Waals surface area (Å²) in [4.78, 5) is 23.2. The zero-order valence-corrected chi connectivity index (χ0v) is 12.2. The fourth-order valence-corrected chi connectivity index (χ4v) is 1.60. The Balaban J connectivity index is 2.04. The van der Waals surface area contributed by atoms with Crippen LogP contribution >= 0.6 is 0 Å². The van der Waals surface area contributed by atoms with Gasteiger partial charge in [-0.3, -0.25) is 0 Å². The molecule has 0 spiro atoms. The number of hydrogen-bond acceptors (Lipinski definition) is 12. The van der Waals surface area contributed by atoms with E-state index in [1.165, 1.54) is 0 Å². The van der Waals surface area contributed by atoms with Crippen molar-refractivity contribution < 1.29 is 0 Å². The van der Waals surface area contributed by atoms with Gasteiger partial charge in [0.2, 0.25) is 35.7 Å². The van der Waals surface area contributed by atoms with Gasteiger partial charge in [-0.15, -0.1) is 0 Å². The molecule has 12 nitrogen and oxygen atoms in total. The first kappa shape index (κ1) is 15.2. The van der Waals surface area contributed by atoms with E-state index in [0.717, 1.165) is 0 Å². The summed E-state index contributed by atoms with van der Waals surface area (Å²) in [5.41, 5.74) is 21.6. The molecule has 0 unspecified atom stereocenters. The van der Waals surface area contributed by atoms with Crippen molar-refractivity contribution in [3.63, 3.8) is 0 Å². The van der Waals surface area contributed by atoms with Crippen LogP contribution in [0.2, 0.25) is 0 Å². The molecule has 22 heavy (non-hydrogen) atoms. The summed E-state index contributed by atoms with van der Waals surface area (Å²) >= 11 is 0. The smallest absolute Gasteiger partial charge is 0.229 e. The van der Waals surface area contributed by atoms with Crippen LogP contribution in [0.15, 0.2) is 0 Å². The highest BCUT2D eigenvalue weighted by Gasteiger charge is 2.20. The summed E-state index contributed by atoms with van der Waals surface area (Å²) in [5, 5.41) is 6.08. The van der Waals surface area contributed by atoms with E-state index >= 15 is 0 Å².